The average Bonchev–Trinajstić information content (AvgIpc) is 3.26. The molecular formula is C17H30N2O5. The van der Waals surface area contributed by atoms with Crippen LogP contribution in [0.5, 0.6) is 0 Å². The molecule has 1 fully saturated rings. The van der Waals surface area contributed by atoms with Crippen LogP contribution in [-0.4, -0.2) is 49.2 Å². The van der Waals surface area contributed by atoms with Gasteiger partial charge in [-0.05, 0) is 31.6 Å². The van der Waals surface area contributed by atoms with E-state index >= 15 is 0 Å². The van der Waals surface area contributed by atoms with Crippen LogP contribution in [-0.2, 0) is 23.9 Å². The van der Waals surface area contributed by atoms with Crippen LogP contribution in [0, 0.1) is 11.8 Å². The fourth-order valence-corrected chi connectivity index (χ4v) is 2.28. The monoisotopic (exact) mass is 342 g/mol. The third-order valence-electron chi connectivity index (χ3n) is 3.63. The molecule has 1 rings (SSSR count). The molecule has 2 amide bonds. The van der Waals surface area contributed by atoms with Crippen LogP contribution in [0.3, 0.4) is 0 Å². The molecular weight excluding hydrogens is 312 g/mol. The van der Waals surface area contributed by atoms with Gasteiger partial charge < -0.3 is 20.1 Å². The van der Waals surface area contributed by atoms with E-state index in [-0.39, 0.29) is 18.4 Å². The van der Waals surface area contributed by atoms with E-state index in [1.54, 1.807) is 6.92 Å². The van der Waals surface area contributed by atoms with Crippen LogP contribution in [0.4, 0.5) is 0 Å². The Morgan fingerprint density at radius 3 is 2.29 bits per heavy atom. The summed E-state index contributed by atoms with van der Waals surface area (Å²) in [4.78, 5) is 36.0. The summed E-state index contributed by atoms with van der Waals surface area (Å²) < 4.78 is 9.89. The second kappa shape index (κ2) is 9.61. The van der Waals surface area contributed by atoms with Crippen LogP contribution in [0.15, 0.2) is 0 Å². The highest BCUT2D eigenvalue weighted by Crippen LogP contribution is 2.24. The van der Waals surface area contributed by atoms with Crippen molar-refractivity contribution >= 4 is 17.8 Å². The highest BCUT2D eigenvalue weighted by molar-refractivity contribution is 5.95. The molecule has 0 aromatic heterocycles. The smallest absolute Gasteiger partial charge is 0.338 e. The highest BCUT2D eigenvalue weighted by atomic mass is 16.6. The molecule has 1 saturated heterocycles. The van der Waals surface area contributed by atoms with Gasteiger partial charge in [-0.2, -0.15) is 0 Å². The van der Waals surface area contributed by atoms with Crippen molar-refractivity contribution < 1.29 is 23.9 Å². The Bertz CT molecular complexity index is 450. The molecule has 0 aliphatic carbocycles. The van der Waals surface area contributed by atoms with E-state index in [1.165, 1.54) is 0 Å². The minimum absolute atomic E-state index is 0.203. The molecule has 1 aliphatic rings. The van der Waals surface area contributed by atoms with E-state index in [4.69, 9.17) is 9.47 Å². The minimum atomic E-state index is -0.859. The summed E-state index contributed by atoms with van der Waals surface area (Å²) in [5.74, 6) is -0.455. The predicted molar refractivity (Wildman–Crippen MR) is 89.1 cm³/mol. The minimum Gasteiger partial charge on any atom is -0.464 e. The van der Waals surface area contributed by atoms with Gasteiger partial charge >= 0.3 is 5.97 Å². The Balaban J connectivity index is 2.52. The van der Waals surface area contributed by atoms with Crippen molar-refractivity contribution in [3.8, 4) is 0 Å². The third kappa shape index (κ3) is 6.86. The fraction of sp³-hybridized carbons (Fsp3) is 0.824. The largest absolute Gasteiger partial charge is 0.464 e. The maximum Gasteiger partial charge on any atom is 0.338 e. The molecule has 0 aromatic carbocycles. The molecule has 0 spiro atoms. The van der Waals surface area contributed by atoms with Gasteiger partial charge in [0.1, 0.15) is 6.04 Å². The molecule has 7 nitrogen and oxygen atoms in total. The summed E-state index contributed by atoms with van der Waals surface area (Å²) in [7, 11) is 0. The van der Waals surface area contributed by atoms with Crippen molar-refractivity contribution in [2.24, 2.45) is 11.8 Å². The zero-order valence-corrected chi connectivity index (χ0v) is 15.3. The van der Waals surface area contributed by atoms with Crippen molar-refractivity contribution in [2.45, 2.75) is 65.7 Å². The lowest BCUT2D eigenvalue weighted by molar-refractivity contribution is -0.144. The number of amides is 2. The number of esters is 1. The summed E-state index contributed by atoms with van der Waals surface area (Å²) in [5.41, 5.74) is 0. The summed E-state index contributed by atoms with van der Waals surface area (Å²) >= 11 is 0. The topological polar surface area (TPSA) is 97.0 Å². The van der Waals surface area contributed by atoms with Crippen molar-refractivity contribution in [3.05, 3.63) is 0 Å². The van der Waals surface area contributed by atoms with Crippen molar-refractivity contribution in [2.75, 3.05) is 13.2 Å². The van der Waals surface area contributed by atoms with Crippen LogP contribution in [0.2, 0.25) is 0 Å². The molecule has 1 aliphatic heterocycles. The first-order valence-electron chi connectivity index (χ1n) is 8.66. The number of ether oxygens (including phenoxy) is 2. The second-order valence-electron chi connectivity index (χ2n) is 6.89. The normalized spacial score (nSPS) is 20.6. The zero-order chi connectivity index (χ0) is 18.3. The molecule has 0 bridgehead atoms. The number of carbonyl (C=O) groups excluding carboxylic acids is 3. The van der Waals surface area contributed by atoms with E-state index in [9.17, 15) is 14.4 Å². The Morgan fingerprint density at radius 2 is 1.75 bits per heavy atom. The lowest BCUT2D eigenvalue weighted by atomic mass is 10.0. The van der Waals surface area contributed by atoms with Crippen LogP contribution < -0.4 is 10.6 Å². The van der Waals surface area contributed by atoms with Crippen LogP contribution in [0.25, 0.3) is 0 Å². The lowest BCUT2D eigenvalue weighted by Crippen LogP contribution is -2.49. The van der Waals surface area contributed by atoms with E-state index in [2.05, 4.69) is 24.5 Å². The quantitative estimate of drug-likeness (QED) is 0.456. The number of nitrogens with one attached hydrogen (secondary N) is 2. The Labute approximate surface area is 143 Å². The molecule has 3 atom stereocenters. The molecule has 7 heteroatoms. The fourth-order valence-electron chi connectivity index (χ4n) is 2.28. The maximum absolute atomic E-state index is 12.3. The van der Waals surface area contributed by atoms with Gasteiger partial charge in [-0.1, -0.05) is 27.7 Å². The van der Waals surface area contributed by atoms with E-state index < -0.39 is 30.1 Å². The molecule has 2 N–H and O–H groups in total. The molecule has 1 heterocycles. The van der Waals surface area contributed by atoms with Gasteiger partial charge in [-0.3, -0.25) is 9.59 Å². The number of hydrogen-bond acceptors (Lipinski definition) is 5. The number of hydrogen-bond donors (Lipinski definition) is 2. The second-order valence-corrected chi connectivity index (χ2v) is 6.89. The SMILES string of the molecule is CCOC(=O)C1O[C@@H]1C(=O)NC(CC(C)C)C(=O)NCCC(C)C. The van der Waals surface area contributed by atoms with Gasteiger partial charge in [0.15, 0.2) is 12.2 Å². The standard InChI is InChI=1S/C17H30N2O5/c1-6-23-17(22)14-13(24-14)16(21)19-12(9-11(4)5)15(20)18-8-7-10(2)3/h10-14H,6-9H2,1-5H3,(H,18,20)(H,19,21)/t12?,13-,14?/m0/s1. The number of rotatable bonds is 10. The van der Waals surface area contributed by atoms with Gasteiger partial charge in [-0.25, -0.2) is 4.79 Å². The predicted octanol–water partition coefficient (Wildman–Crippen LogP) is 1.01. The summed E-state index contributed by atoms with van der Waals surface area (Å²) in [6.45, 7) is 10.6. The number of epoxide rings is 1. The first-order valence-corrected chi connectivity index (χ1v) is 8.66. The average molecular weight is 342 g/mol. The first-order chi connectivity index (χ1) is 11.3. The van der Waals surface area contributed by atoms with E-state index in [0.717, 1.165) is 6.42 Å². The lowest BCUT2D eigenvalue weighted by Gasteiger charge is -2.20. The molecule has 24 heavy (non-hydrogen) atoms. The van der Waals surface area contributed by atoms with Crippen LogP contribution >= 0.6 is 0 Å². The van der Waals surface area contributed by atoms with Crippen molar-refractivity contribution in [3.63, 3.8) is 0 Å². The maximum atomic E-state index is 12.3. The molecule has 0 radical (unpaired) electrons. The first kappa shape index (κ1) is 20.4. The summed E-state index contributed by atoms with van der Waals surface area (Å²) in [5, 5.41) is 5.54. The zero-order valence-electron chi connectivity index (χ0n) is 15.3. The van der Waals surface area contributed by atoms with Crippen molar-refractivity contribution in [1.29, 1.82) is 0 Å². The van der Waals surface area contributed by atoms with Gasteiger partial charge in [0, 0.05) is 6.54 Å². The van der Waals surface area contributed by atoms with Gasteiger partial charge in [-0.15, -0.1) is 0 Å². The van der Waals surface area contributed by atoms with Crippen LogP contribution in [0.1, 0.15) is 47.5 Å². The summed E-state index contributed by atoms with van der Waals surface area (Å²) in [6.07, 6.45) is -0.309. The number of carbonyl (C=O) groups is 3. The molecule has 138 valence electrons. The van der Waals surface area contributed by atoms with Gasteiger partial charge in [0.05, 0.1) is 6.61 Å². The Hall–Kier alpha value is -1.63. The van der Waals surface area contributed by atoms with E-state index in [0.29, 0.717) is 18.9 Å². The third-order valence-corrected chi connectivity index (χ3v) is 3.63. The molecule has 0 saturated carbocycles. The highest BCUT2D eigenvalue weighted by Gasteiger charge is 2.52. The van der Waals surface area contributed by atoms with Gasteiger partial charge in [0.25, 0.3) is 5.91 Å². The Kier molecular flexibility index (Phi) is 8.18. The molecule has 0 aromatic rings. The molecule has 2 unspecified atom stereocenters. The van der Waals surface area contributed by atoms with Gasteiger partial charge in [0.2, 0.25) is 5.91 Å². The van der Waals surface area contributed by atoms with E-state index in [1.807, 2.05) is 13.8 Å². The van der Waals surface area contributed by atoms with Crippen molar-refractivity contribution in [1.82, 2.24) is 10.6 Å². The summed E-state index contributed by atoms with van der Waals surface area (Å²) in [6, 6.07) is -0.628. The Morgan fingerprint density at radius 1 is 1.08 bits per heavy atom.